The molecule has 0 saturated heterocycles. The fraction of sp³-hybridized carbons (Fsp3) is 0.136. The van der Waals surface area contributed by atoms with Gasteiger partial charge in [-0.1, -0.05) is 24.3 Å². The van der Waals surface area contributed by atoms with Crippen molar-refractivity contribution in [1.82, 2.24) is 10.3 Å². The van der Waals surface area contributed by atoms with Crippen molar-refractivity contribution in [3.05, 3.63) is 95.6 Å². The molecule has 6 nitrogen and oxygen atoms in total. The number of benzene rings is 2. The lowest BCUT2D eigenvalue weighted by Gasteiger charge is -2.13. The van der Waals surface area contributed by atoms with E-state index in [0.29, 0.717) is 17.8 Å². The minimum Gasteiger partial charge on any atom is -0.352 e. The monoisotopic (exact) mass is 464 g/mol. The number of hydrogen-bond donors (Lipinski definition) is 3. The Bertz CT molecular complexity index is 971. The van der Waals surface area contributed by atoms with Crippen LogP contribution in [-0.4, -0.2) is 16.8 Å². The van der Waals surface area contributed by atoms with Crippen LogP contribution < -0.4 is 16.4 Å². The molecule has 31 heavy (non-hydrogen) atoms. The van der Waals surface area contributed by atoms with Crippen molar-refractivity contribution < 1.29 is 14.0 Å². The number of rotatable bonds is 7. The Morgan fingerprint density at radius 2 is 1.55 bits per heavy atom. The van der Waals surface area contributed by atoms with E-state index in [-0.39, 0.29) is 48.9 Å². The number of nitrogens with one attached hydrogen (secondary N) is 2. The Balaban J connectivity index is 0.00000240. The predicted molar refractivity (Wildman–Crippen MR) is 123 cm³/mol. The van der Waals surface area contributed by atoms with Crippen LogP contribution >= 0.6 is 24.8 Å². The molecule has 1 aromatic heterocycles. The van der Waals surface area contributed by atoms with Crippen LogP contribution in [0.15, 0.2) is 73.1 Å². The topological polar surface area (TPSA) is 97.1 Å². The number of hydrogen-bond acceptors (Lipinski definition) is 4. The number of nitrogens with zero attached hydrogens (tertiary/aromatic N) is 1. The molecule has 1 atom stereocenters. The Labute approximate surface area is 192 Å². The number of amides is 2. The van der Waals surface area contributed by atoms with Gasteiger partial charge in [-0.05, 0) is 47.5 Å². The first-order valence-corrected chi connectivity index (χ1v) is 9.09. The van der Waals surface area contributed by atoms with Gasteiger partial charge in [-0.2, -0.15) is 0 Å². The van der Waals surface area contributed by atoms with Crippen molar-refractivity contribution in [2.45, 2.75) is 19.0 Å². The van der Waals surface area contributed by atoms with Gasteiger partial charge in [-0.15, -0.1) is 24.8 Å². The van der Waals surface area contributed by atoms with E-state index < -0.39 is 6.04 Å². The van der Waals surface area contributed by atoms with Crippen LogP contribution in [0.2, 0.25) is 0 Å². The van der Waals surface area contributed by atoms with E-state index in [0.717, 1.165) is 11.1 Å². The first kappa shape index (κ1) is 26.0. The maximum Gasteiger partial charge on any atom is 0.255 e. The second-order valence-electron chi connectivity index (χ2n) is 6.53. The zero-order valence-corrected chi connectivity index (χ0v) is 18.1. The van der Waals surface area contributed by atoms with Crippen LogP contribution in [0, 0.1) is 5.82 Å². The number of aromatic nitrogens is 1. The highest BCUT2D eigenvalue weighted by molar-refractivity contribution is 6.04. The van der Waals surface area contributed by atoms with E-state index in [4.69, 9.17) is 5.73 Å². The molecule has 1 unspecified atom stereocenters. The molecule has 1 heterocycles. The number of halogens is 3. The highest BCUT2D eigenvalue weighted by Gasteiger charge is 2.13. The maximum absolute atomic E-state index is 12.9. The molecule has 2 aromatic carbocycles. The molecule has 0 saturated carbocycles. The second kappa shape index (κ2) is 12.6. The quantitative estimate of drug-likeness (QED) is 0.491. The van der Waals surface area contributed by atoms with Crippen molar-refractivity contribution in [2.24, 2.45) is 5.73 Å². The van der Waals surface area contributed by atoms with Gasteiger partial charge in [0.05, 0.1) is 0 Å². The predicted octanol–water partition coefficient (Wildman–Crippen LogP) is 4.02. The largest absolute Gasteiger partial charge is 0.352 e. The van der Waals surface area contributed by atoms with Crippen LogP contribution in [0.1, 0.15) is 33.9 Å². The first-order valence-electron chi connectivity index (χ1n) is 9.09. The number of carbonyl (C=O) groups is 2. The summed E-state index contributed by atoms with van der Waals surface area (Å²) < 4.78 is 12.9. The maximum atomic E-state index is 12.9. The Kier molecular flexibility index (Phi) is 10.6. The molecular weight excluding hydrogens is 442 g/mol. The van der Waals surface area contributed by atoms with E-state index in [1.807, 2.05) is 0 Å². The highest BCUT2D eigenvalue weighted by atomic mass is 35.5. The molecule has 4 N–H and O–H groups in total. The van der Waals surface area contributed by atoms with Gasteiger partial charge in [0, 0.05) is 42.7 Å². The molecule has 9 heteroatoms. The zero-order chi connectivity index (χ0) is 20.6. The lowest BCUT2D eigenvalue weighted by Crippen LogP contribution is -2.27. The van der Waals surface area contributed by atoms with E-state index in [9.17, 15) is 14.0 Å². The molecule has 0 aliphatic carbocycles. The molecule has 2 amide bonds. The fourth-order valence-electron chi connectivity index (χ4n) is 2.71. The molecule has 0 spiro atoms. The summed E-state index contributed by atoms with van der Waals surface area (Å²) >= 11 is 0. The molecule has 0 bridgehead atoms. The highest BCUT2D eigenvalue weighted by Crippen LogP contribution is 2.16. The van der Waals surface area contributed by atoms with Crippen molar-refractivity contribution in [1.29, 1.82) is 0 Å². The van der Waals surface area contributed by atoms with E-state index in [1.54, 1.807) is 60.9 Å². The molecule has 0 radical (unpaired) electrons. The van der Waals surface area contributed by atoms with Crippen molar-refractivity contribution in [3.8, 4) is 0 Å². The zero-order valence-electron chi connectivity index (χ0n) is 16.5. The third-order valence-electron chi connectivity index (χ3n) is 4.35. The average molecular weight is 465 g/mol. The minimum absolute atomic E-state index is 0. The first-order chi connectivity index (χ1) is 14.0. The van der Waals surface area contributed by atoms with E-state index in [1.165, 1.54) is 12.1 Å². The average Bonchev–Trinajstić information content (AvgIpc) is 2.74. The van der Waals surface area contributed by atoms with Crippen LogP contribution in [0.25, 0.3) is 0 Å². The fourth-order valence-corrected chi connectivity index (χ4v) is 2.71. The van der Waals surface area contributed by atoms with Gasteiger partial charge in [-0.25, -0.2) is 4.39 Å². The Morgan fingerprint density at radius 1 is 0.935 bits per heavy atom. The van der Waals surface area contributed by atoms with Crippen LogP contribution in [-0.2, 0) is 11.3 Å². The van der Waals surface area contributed by atoms with Gasteiger partial charge in [0.1, 0.15) is 5.82 Å². The summed E-state index contributed by atoms with van der Waals surface area (Å²) in [6.45, 7) is 0.306. The van der Waals surface area contributed by atoms with Crippen LogP contribution in [0.4, 0.5) is 10.1 Å². The van der Waals surface area contributed by atoms with Crippen molar-refractivity contribution in [2.75, 3.05) is 5.32 Å². The summed E-state index contributed by atoms with van der Waals surface area (Å²) in [5, 5.41) is 5.54. The minimum atomic E-state index is -0.500. The summed E-state index contributed by atoms with van der Waals surface area (Å²) in [5.74, 6) is -0.769. The number of pyridine rings is 1. The third kappa shape index (κ3) is 7.97. The Hall–Kier alpha value is -3.00. The number of anilines is 1. The molecule has 0 aliphatic rings. The van der Waals surface area contributed by atoms with Gasteiger partial charge in [0.2, 0.25) is 5.91 Å². The lowest BCUT2D eigenvalue weighted by molar-refractivity contribution is -0.121. The van der Waals surface area contributed by atoms with E-state index in [2.05, 4.69) is 15.6 Å². The number of carbonyl (C=O) groups excluding carboxylic acids is 2. The van der Waals surface area contributed by atoms with Gasteiger partial charge in [-0.3, -0.25) is 14.6 Å². The van der Waals surface area contributed by atoms with Crippen molar-refractivity contribution in [3.63, 3.8) is 0 Å². The summed E-state index contributed by atoms with van der Waals surface area (Å²) in [6, 6.07) is 15.6. The van der Waals surface area contributed by atoms with Crippen LogP contribution in [0.5, 0.6) is 0 Å². The SMILES string of the molecule is Cl.Cl.NC(CC(=O)NCc1ccc(F)cc1)c1ccc(C(=O)Nc2ccncc2)cc1. The molecule has 0 aliphatic heterocycles. The smallest absolute Gasteiger partial charge is 0.255 e. The van der Waals surface area contributed by atoms with Gasteiger partial charge >= 0.3 is 0 Å². The molecule has 3 rings (SSSR count). The summed E-state index contributed by atoms with van der Waals surface area (Å²) in [5.41, 5.74) is 8.81. The lowest BCUT2D eigenvalue weighted by atomic mass is 10.0. The third-order valence-corrected chi connectivity index (χ3v) is 4.35. The summed E-state index contributed by atoms with van der Waals surface area (Å²) in [7, 11) is 0. The van der Waals surface area contributed by atoms with E-state index >= 15 is 0 Å². The molecule has 0 fully saturated rings. The molecular formula is C22H23Cl2FN4O2. The molecule has 164 valence electrons. The standard InChI is InChI=1S/C22H21FN4O2.2ClH/c23-18-7-1-15(2-8-18)14-26-21(28)13-20(24)16-3-5-17(6-4-16)22(29)27-19-9-11-25-12-10-19;;/h1-12,20H,13-14,24H2,(H,26,28)(H,25,27,29);2*1H. The second-order valence-corrected chi connectivity index (χ2v) is 6.53. The van der Waals surface area contributed by atoms with Gasteiger partial charge < -0.3 is 16.4 Å². The summed E-state index contributed by atoms with van der Waals surface area (Å²) in [6.07, 6.45) is 3.29. The normalized spacial score (nSPS) is 10.8. The number of nitrogens with two attached hydrogens (primary N) is 1. The van der Waals surface area contributed by atoms with Gasteiger partial charge in [0.25, 0.3) is 5.91 Å². The van der Waals surface area contributed by atoms with Crippen molar-refractivity contribution >= 4 is 42.3 Å². The van der Waals surface area contributed by atoms with Crippen LogP contribution in [0.3, 0.4) is 0 Å². The van der Waals surface area contributed by atoms with Gasteiger partial charge in [0.15, 0.2) is 0 Å². The Morgan fingerprint density at radius 3 is 2.16 bits per heavy atom. The summed E-state index contributed by atoms with van der Waals surface area (Å²) in [4.78, 5) is 28.3. The molecule has 3 aromatic rings.